The van der Waals surface area contributed by atoms with Crippen LogP contribution in [0.3, 0.4) is 0 Å². The number of likely N-dealkylation sites (tertiary alicyclic amines) is 1. The number of carbonyl (C=O) groups is 1. The zero-order chi connectivity index (χ0) is 23.5. The lowest BCUT2D eigenvalue weighted by Crippen LogP contribution is -2.50. The lowest BCUT2D eigenvalue weighted by Gasteiger charge is -2.45. The summed E-state index contributed by atoms with van der Waals surface area (Å²) in [6, 6.07) is 13.7. The number of rotatable bonds is 3. The number of amides is 1. The molecular formula is C26H27FN2O5. The molecule has 0 bridgehead atoms. The average molecular weight is 467 g/mol. The minimum atomic E-state index is -1.08. The molecule has 178 valence electrons. The summed E-state index contributed by atoms with van der Waals surface area (Å²) in [5.74, 6) is 0.542. The molecule has 3 aliphatic heterocycles. The standard InChI is InChI=1S/C26H25FN2O5.H2/c1-32-21-13-17(4-6-19(21)25(31)15-33-16-25)24(30)28-11-8-26(9-12-28)23-3-2-10-29(23)20-7-5-18(27)14-22(20)34-26;/h2-7,10,13-14,31H,8-9,11-12,15-16H2,1H3;1H. The molecule has 1 N–H and O–H groups in total. The molecule has 6 rings (SSSR count). The van der Waals surface area contributed by atoms with Crippen LogP contribution in [0.4, 0.5) is 4.39 Å². The number of hydrogen-bond acceptors (Lipinski definition) is 5. The van der Waals surface area contributed by atoms with Crippen molar-refractivity contribution in [1.29, 1.82) is 0 Å². The molecule has 3 aliphatic rings. The van der Waals surface area contributed by atoms with Crippen LogP contribution in [-0.2, 0) is 15.9 Å². The minimum absolute atomic E-state index is 0. The van der Waals surface area contributed by atoms with Gasteiger partial charge in [0.25, 0.3) is 5.91 Å². The van der Waals surface area contributed by atoms with Gasteiger partial charge in [0.05, 0.1) is 31.7 Å². The van der Waals surface area contributed by atoms with Crippen LogP contribution in [0.2, 0.25) is 0 Å². The molecule has 3 aromatic rings. The second-order valence-corrected chi connectivity index (χ2v) is 9.20. The van der Waals surface area contributed by atoms with Gasteiger partial charge < -0.3 is 28.8 Å². The van der Waals surface area contributed by atoms with E-state index in [0.29, 0.717) is 48.6 Å². The summed E-state index contributed by atoms with van der Waals surface area (Å²) in [6.45, 7) is 1.41. The molecule has 34 heavy (non-hydrogen) atoms. The third-order valence-corrected chi connectivity index (χ3v) is 7.19. The SMILES string of the molecule is COc1cc(C(=O)N2CCC3(CC2)Oc2cc(F)ccc2-n2cccc23)ccc1C1(O)COC1.[HH]. The highest BCUT2D eigenvalue weighted by atomic mass is 19.1. The van der Waals surface area contributed by atoms with E-state index in [0.717, 1.165) is 11.4 Å². The minimum Gasteiger partial charge on any atom is -0.496 e. The molecule has 0 aliphatic carbocycles. The summed E-state index contributed by atoms with van der Waals surface area (Å²) in [6.07, 6.45) is 3.14. The van der Waals surface area contributed by atoms with Crippen molar-refractivity contribution in [2.24, 2.45) is 0 Å². The molecule has 0 atom stereocenters. The molecule has 8 heteroatoms. The smallest absolute Gasteiger partial charge is 0.253 e. The fourth-order valence-corrected chi connectivity index (χ4v) is 5.27. The number of fused-ring (bicyclic) bond motifs is 4. The fourth-order valence-electron chi connectivity index (χ4n) is 5.27. The summed E-state index contributed by atoms with van der Waals surface area (Å²) in [4.78, 5) is 15.1. The Labute approximate surface area is 197 Å². The van der Waals surface area contributed by atoms with Gasteiger partial charge >= 0.3 is 0 Å². The van der Waals surface area contributed by atoms with Gasteiger partial charge in [0.1, 0.15) is 22.9 Å². The van der Waals surface area contributed by atoms with Crippen molar-refractivity contribution in [2.45, 2.75) is 24.0 Å². The number of nitrogens with zero attached hydrogens (tertiary/aromatic N) is 2. The highest BCUT2D eigenvalue weighted by Gasteiger charge is 2.45. The number of ether oxygens (including phenoxy) is 3. The van der Waals surface area contributed by atoms with Gasteiger partial charge in [-0.05, 0) is 36.4 Å². The van der Waals surface area contributed by atoms with Crippen molar-refractivity contribution in [3.63, 3.8) is 0 Å². The second-order valence-electron chi connectivity index (χ2n) is 9.20. The average Bonchev–Trinajstić information content (AvgIpc) is 3.33. The predicted octanol–water partition coefficient (Wildman–Crippen LogP) is 3.61. The van der Waals surface area contributed by atoms with E-state index in [1.807, 2.05) is 22.9 Å². The van der Waals surface area contributed by atoms with Crippen LogP contribution in [0.25, 0.3) is 5.69 Å². The topological polar surface area (TPSA) is 73.2 Å². The summed E-state index contributed by atoms with van der Waals surface area (Å²) in [5, 5.41) is 10.6. The van der Waals surface area contributed by atoms with Crippen molar-refractivity contribution < 1.29 is 29.9 Å². The monoisotopic (exact) mass is 466 g/mol. The zero-order valence-electron chi connectivity index (χ0n) is 18.8. The van der Waals surface area contributed by atoms with E-state index in [1.165, 1.54) is 19.2 Å². The largest absolute Gasteiger partial charge is 0.496 e. The summed E-state index contributed by atoms with van der Waals surface area (Å²) in [7, 11) is 1.52. The first-order valence-corrected chi connectivity index (χ1v) is 11.4. The quantitative estimate of drug-likeness (QED) is 0.639. The van der Waals surface area contributed by atoms with Gasteiger partial charge in [-0.1, -0.05) is 6.07 Å². The molecule has 0 radical (unpaired) electrons. The number of hydrogen-bond donors (Lipinski definition) is 1. The van der Waals surface area contributed by atoms with Crippen molar-refractivity contribution in [2.75, 3.05) is 33.4 Å². The molecule has 1 aromatic heterocycles. The predicted molar refractivity (Wildman–Crippen MR) is 123 cm³/mol. The Morgan fingerprint density at radius 3 is 2.65 bits per heavy atom. The van der Waals surface area contributed by atoms with Gasteiger partial charge in [-0.15, -0.1) is 0 Å². The van der Waals surface area contributed by atoms with Crippen LogP contribution in [0, 0.1) is 5.82 Å². The number of aromatic nitrogens is 1. The van der Waals surface area contributed by atoms with Crippen LogP contribution in [0.5, 0.6) is 11.5 Å². The molecule has 1 amide bonds. The Hall–Kier alpha value is -3.36. The highest BCUT2D eigenvalue weighted by molar-refractivity contribution is 5.95. The first kappa shape index (κ1) is 21.2. The van der Waals surface area contributed by atoms with Gasteiger partial charge in [-0.25, -0.2) is 4.39 Å². The van der Waals surface area contributed by atoms with Crippen LogP contribution in [0.1, 0.15) is 35.9 Å². The molecule has 4 heterocycles. The van der Waals surface area contributed by atoms with Gasteiger partial charge in [0.2, 0.25) is 0 Å². The third kappa shape index (κ3) is 3.13. The number of piperidine rings is 1. The zero-order valence-corrected chi connectivity index (χ0v) is 18.8. The van der Waals surface area contributed by atoms with Gasteiger partial charge in [0, 0.05) is 50.7 Å². The normalized spacial score (nSPS) is 19.6. The van der Waals surface area contributed by atoms with E-state index in [9.17, 15) is 14.3 Å². The maximum absolute atomic E-state index is 13.9. The highest BCUT2D eigenvalue weighted by Crippen LogP contribution is 2.45. The molecular weight excluding hydrogens is 439 g/mol. The van der Waals surface area contributed by atoms with Crippen LogP contribution in [-0.4, -0.2) is 53.9 Å². The first-order valence-electron chi connectivity index (χ1n) is 11.4. The molecule has 2 fully saturated rings. The maximum atomic E-state index is 13.9. The molecule has 2 saturated heterocycles. The summed E-state index contributed by atoms with van der Waals surface area (Å²) in [5.41, 5.74) is 1.26. The van der Waals surface area contributed by atoms with Crippen LogP contribution >= 0.6 is 0 Å². The molecule has 7 nitrogen and oxygen atoms in total. The Balaban J connectivity index is 0.00000253. The fraction of sp³-hybridized carbons (Fsp3) is 0.346. The van der Waals surface area contributed by atoms with Crippen molar-refractivity contribution >= 4 is 5.91 Å². The Kier molecular flexibility index (Phi) is 4.72. The number of halogens is 1. The lowest BCUT2D eigenvalue weighted by molar-refractivity contribution is -0.185. The van der Waals surface area contributed by atoms with Crippen molar-refractivity contribution in [3.8, 4) is 17.2 Å². The molecule has 0 saturated carbocycles. The number of carbonyl (C=O) groups excluding carboxylic acids is 1. The Morgan fingerprint density at radius 2 is 1.94 bits per heavy atom. The van der Waals surface area contributed by atoms with Crippen molar-refractivity contribution in [1.82, 2.24) is 9.47 Å². The Morgan fingerprint density at radius 1 is 1.15 bits per heavy atom. The van der Waals surface area contributed by atoms with Gasteiger partial charge in [-0.3, -0.25) is 4.79 Å². The Bertz CT molecular complexity index is 1280. The van der Waals surface area contributed by atoms with Crippen LogP contribution < -0.4 is 9.47 Å². The van der Waals surface area contributed by atoms with Crippen molar-refractivity contribution in [3.05, 3.63) is 77.4 Å². The summed E-state index contributed by atoms with van der Waals surface area (Å²) < 4.78 is 33.0. The van der Waals surface area contributed by atoms with E-state index in [1.54, 1.807) is 29.2 Å². The molecule has 0 unspecified atom stereocenters. The number of aliphatic hydroxyl groups is 1. The van der Waals surface area contributed by atoms with E-state index in [4.69, 9.17) is 14.2 Å². The van der Waals surface area contributed by atoms with E-state index < -0.39 is 11.2 Å². The number of benzene rings is 2. The molecule has 2 aromatic carbocycles. The first-order chi connectivity index (χ1) is 16.4. The van der Waals surface area contributed by atoms with E-state index in [2.05, 4.69) is 0 Å². The van der Waals surface area contributed by atoms with Gasteiger partial charge in [-0.2, -0.15) is 0 Å². The second kappa shape index (κ2) is 7.58. The summed E-state index contributed by atoms with van der Waals surface area (Å²) >= 11 is 0. The van der Waals surface area contributed by atoms with E-state index in [-0.39, 0.29) is 26.4 Å². The lowest BCUT2D eigenvalue weighted by atomic mass is 9.86. The van der Waals surface area contributed by atoms with E-state index >= 15 is 0 Å². The van der Waals surface area contributed by atoms with Gasteiger partial charge in [0.15, 0.2) is 5.60 Å². The maximum Gasteiger partial charge on any atom is 0.253 e. The number of methoxy groups -OCH3 is 1. The molecule has 1 spiro atoms. The third-order valence-electron chi connectivity index (χ3n) is 7.19. The van der Waals surface area contributed by atoms with Crippen LogP contribution in [0.15, 0.2) is 54.7 Å².